The predicted octanol–water partition coefficient (Wildman–Crippen LogP) is 4.03. The Morgan fingerprint density at radius 3 is 2.89 bits per heavy atom. The summed E-state index contributed by atoms with van der Waals surface area (Å²) in [6.07, 6.45) is 3.73. The average molecular weight is 387 g/mol. The molecule has 0 saturated carbocycles. The number of nitrogens with zero attached hydrogens (tertiary/aromatic N) is 1. The Balaban J connectivity index is 1.67. The van der Waals surface area contributed by atoms with E-state index < -0.39 is 11.1 Å². The van der Waals surface area contributed by atoms with Crippen LogP contribution < -0.4 is 15.4 Å². The lowest BCUT2D eigenvalue weighted by molar-refractivity contribution is -0.385. The molecule has 2 heterocycles. The molecule has 2 aromatic rings. The topological polar surface area (TPSA) is 93.5 Å². The number of amides is 1. The number of rotatable bonds is 4. The monoisotopic (exact) mass is 387 g/mol. The van der Waals surface area contributed by atoms with Gasteiger partial charge < -0.3 is 15.4 Å². The molecule has 0 spiro atoms. The van der Waals surface area contributed by atoms with Gasteiger partial charge in [-0.05, 0) is 36.8 Å². The number of nitrogens with one attached hydrogen (secondary N) is 2. The van der Waals surface area contributed by atoms with E-state index in [-0.39, 0.29) is 17.3 Å². The molecule has 1 amide bonds. The molecule has 2 unspecified atom stereocenters. The summed E-state index contributed by atoms with van der Waals surface area (Å²) in [7, 11) is 1.40. The van der Waals surface area contributed by atoms with E-state index in [1.165, 1.54) is 23.6 Å². The number of benzene rings is 1. The van der Waals surface area contributed by atoms with Crippen molar-refractivity contribution >= 4 is 27.9 Å². The molecule has 4 rings (SSSR count). The van der Waals surface area contributed by atoms with Crippen molar-refractivity contribution in [3.05, 3.63) is 49.9 Å². The van der Waals surface area contributed by atoms with E-state index in [0.717, 1.165) is 36.2 Å². The van der Waals surface area contributed by atoms with E-state index >= 15 is 0 Å². The van der Waals surface area contributed by atoms with E-state index in [1.807, 2.05) is 0 Å². The third-order valence-electron chi connectivity index (χ3n) is 5.46. The molecule has 0 saturated heterocycles. The molecule has 8 heteroatoms. The van der Waals surface area contributed by atoms with Gasteiger partial charge >= 0.3 is 5.69 Å². The van der Waals surface area contributed by atoms with Gasteiger partial charge in [0.25, 0.3) is 5.91 Å². The fraction of sp³-hybridized carbons (Fsp3) is 0.421. The first-order valence-corrected chi connectivity index (χ1v) is 9.87. The van der Waals surface area contributed by atoms with Crippen LogP contribution in [0.3, 0.4) is 0 Å². The van der Waals surface area contributed by atoms with Crippen LogP contribution in [0.15, 0.2) is 18.2 Å². The molecule has 7 nitrogen and oxygen atoms in total. The highest BCUT2D eigenvalue weighted by atomic mass is 32.1. The minimum absolute atomic E-state index is 0.111. The van der Waals surface area contributed by atoms with Crippen LogP contribution in [0.4, 0.5) is 10.7 Å². The number of carbonyl (C=O) groups is 1. The second kappa shape index (κ2) is 6.84. The maximum atomic E-state index is 12.8. The average Bonchev–Trinajstić information content (AvgIpc) is 3.05. The van der Waals surface area contributed by atoms with Gasteiger partial charge in [-0.25, -0.2) is 0 Å². The summed E-state index contributed by atoms with van der Waals surface area (Å²) >= 11 is 1.65. The van der Waals surface area contributed by atoms with Crippen LogP contribution in [0.1, 0.15) is 52.3 Å². The smallest absolute Gasteiger partial charge is 0.311 e. The molecule has 2 aliphatic rings. The number of methoxy groups -OCH3 is 1. The largest absolute Gasteiger partial charge is 0.490 e. The Kier molecular flexibility index (Phi) is 4.51. The molecule has 2 N–H and O–H groups in total. The molecule has 1 aliphatic heterocycles. The SMILES string of the molecule is CCC1CCc2c(sc3c2C(=O)NC(c2ccc(OC)c([N+](=O)[O-])c2)N3)C1. The second-order valence-electron chi connectivity index (χ2n) is 6.96. The lowest BCUT2D eigenvalue weighted by Crippen LogP contribution is -2.38. The molecular formula is C19H21N3O4S. The van der Waals surface area contributed by atoms with Crippen LogP contribution in [0.5, 0.6) is 5.75 Å². The Hall–Kier alpha value is -2.61. The zero-order valence-corrected chi connectivity index (χ0v) is 16.0. The number of nitro benzene ring substituents is 1. The summed E-state index contributed by atoms with van der Waals surface area (Å²) < 4.78 is 5.05. The lowest BCUT2D eigenvalue weighted by atomic mass is 9.85. The standard InChI is InChI=1S/C19H21N3O4S/c1-3-10-4-6-12-15(8-10)27-19-16(12)18(23)20-17(21-19)11-5-7-14(26-2)13(9-11)22(24)25/h5,7,9-10,17,21H,3-4,6,8H2,1-2H3,(H,20,23). The summed E-state index contributed by atoms with van der Waals surface area (Å²) in [5.41, 5.74) is 2.43. The first kappa shape index (κ1) is 17.8. The summed E-state index contributed by atoms with van der Waals surface area (Å²) in [6.45, 7) is 2.21. The van der Waals surface area contributed by atoms with Crippen molar-refractivity contribution < 1.29 is 14.5 Å². The summed E-state index contributed by atoms with van der Waals surface area (Å²) in [4.78, 5) is 24.9. The van der Waals surface area contributed by atoms with Gasteiger partial charge in [0, 0.05) is 16.5 Å². The highest BCUT2D eigenvalue weighted by Gasteiger charge is 2.34. The summed E-state index contributed by atoms with van der Waals surface area (Å²) in [6, 6.07) is 4.74. The fourth-order valence-corrected chi connectivity index (χ4v) is 5.30. The Morgan fingerprint density at radius 1 is 1.37 bits per heavy atom. The van der Waals surface area contributed by atoms with E-state index in [4.69, 9.17) is 4.74 Å². The van der Waals surface area contributed by atoms with Gasteiger partial charge in [-0.2, -0.15) is 0 Å². The highest BCUT2D eigenvalue weighted by Crippen LogP contribution is 2.43. The van der Waals surface area contributed by atoms with Gasteiger partial charge in [-0.3, -0.25) is 14.9 Å². The van der Waals surface area contributed by atoms with Crippen LogP contribution in [0, 0.1) is 16.0 Å². The van der Waals surface area contributed by atoms with Crippen molar-refractivity contribution in [1.29, 1.82) is 0 Å². The number of carbonyl (C=O) groups excluding carboxylic acids is 1. The van der Waals surface area contributed by atoms with Gasteiger partial charge in [0.05, 0.1) is 17.6 Å². The van der Waals surface area contributed by atoms with Gasteiger partial charge in [-0.1, -0.05) is 19.4 Å². The molecule has 142 valence electrons. The van der Waals surface area contributed by atoms with Gasteiger partial charge in [0.1, 0.15) is 11.2 Å². The Morgan fingerprint density at radius 2 is 2.19 bits per heavy atom. The predicted molar refractivity (Wildman–Crippen MR) is 104 cm³/mol. The summed E-state index contributed by atoms with van der Waals surface area (Å²) in [5, 5.41) is 18.5. The van der Waals surface area contributed by atoms with Crippen LogP contribution >= 0.6 is 11.3 Å². The molecular weight excluding hydrogens is 366 g/mol. The van der Waals surface area contributed by atoms with Crippen molar-refractivity contribution in [2.45, 2.75) is 38.8 Å². The lowest BCUT2D eigenvalue weighted by Gasteiger charge is -2.27. The van der Waals surface area contributed by atoms with E-state index in [0.29, 0.717) is 11.5 Å². The van der Waals surface area contributed by atoms with Gasteiger partial charge in [-0.15, -0.1) is 11.3 Å². The maximum Gasteiger partial charge on any atom is 0.311 e. The normalized spacial score (nSPS) is 20.9. The quantitative estimate of drug-likeness (QED) is 0.610. The van der Waals surface area contributed by atoms with Crippen molar-refractivity contribution in [3.8, 4) is 5.75 Å². The summed E-state index contributed by atoms with van der Waals surface area (Å²) in [5.74, 6) is 0.768. The van der Waals surface area contributed by atoms with Crippen LogP contribution in [0.2, 0.25) is 0 Å². The molecule has 0 bridgehead atoms. The van der Waals surface area contributed by atoms with E-state index in [2.05, 4.69) is 17.6 Å². The molecule has 1 aromatic heterocycles. The number of fused-ring (bicyclic) bond motifs is 3. The van der Waals surface area contributed by atoms with Crippen LogP contribution in [0.25, 0.3) is 0 Å². The third-order valence-corrected chi connectivity index (χ3v) is 6.64. The van der Waals surface area contributed by atoms with E-state index in [1.54, 1.807) is 23.5 Å². The van der Waals surface area contributed by atoms with Crippen molar-refractivity contribution in [2.24, 2.45) is 5.92 Å². The molecule has 2 atom stereocenters. The zero-order chi connectivity index (χ0) is 19.1. The first-order chi connectivity index (χ1) is 13.0. The zero-order valence-electron chi connectivity index (χ0n) is 15.2. The Labute approximate surface area is 160 Å². The van der Waals surface area contributed by atoms with Gasteiger partial charge in [0.2, 0.25) is 0 Å². The number of thiophene rings is 1. The molecule has 0 radical (unpaired) electrons. The van der Waals surface area contributed by atoms with E-state index in [9.17, 15) is 14.9 Å². The third kappa shape index (κ3) is 3.03. The minimum atomic E-state index is -0.503. The van der Waals surface area contributed by atoms with Crippen LogP contribution in [-0.2, 0) is 12.8 Å². The van der Waals surface area contributed by atoms with Gasteiger partial charge in [0.15, 0.2) is 5.75 Å². The number of anilines is 1. The number of nitro groups is 1. The number of hydrogen-bond acceptors (Lipinski definition) is 6. The molecule has 0 fully saturated rings. The van der Waals surface area contributed by atoms with Crippen LogP contribution in [-0.4, -0.2) is 17.9 Å². The molecule has 1 aliphatic carbocycles. The highest BCUT2D eigenvalue weighted by molar-refractivity contribution is 7.16. The minimum Gasteiger partial charge on any atom is -0.490 e. The van der Waals surface area contributed by atoms with Crippen molar-refractivity contribution in [1.82, 2.24) is 5.32 Å². The number of ether oxygens (including phenoxy) is 1. The molecule has 1 aromatic carbocycles. The number of hydrogen-bond donors (Lipinski definition) is 2. The van der Waals surface area contributed by atoms with Crippen molar-refractivity contribution in [3.63, 3.8) is 0 Å². The van der Waals surface area contributed by atoms with Crippen molar-refractivity contribution in [2.75, 3.05) is 12.4 Å². The first-order valence-electron chi connectivity index (χ1n) is 9.06. The molecule has 27 heavy (non-hydrogen) atoms. The maximum absolute atomic E-state index is 12.8. The Bertz CT molecular complexity index is 924. The second-order valence-corrected chi connectivity index (χ2v) is 8.07. The fourth-order valence-electron chi connectivity index (χ4n) is 3.91.